The first kappa shape index (κ1) is 18.1. The van der Waals surface area contributed by atoms with Crippen LogP contribution in [0.3, 0.4) is 0 Å². The van der Waals surface area contributed by atoms with Crippen molar-refractivity contribution in [2.45, 2.75) is 6.61 Å². The summed E-state index contributed by atoms with van der Waals surface area (Å²) >= 11 is 0. The Bertz CT molecular complexity index is 891. The van der Waals surface area contributed by atoms with Crippen molar-refractivity contribution in [2.75, 3.05) is 13.7 Å². The maximum absolute atomic E-state index is 11.7. The number of nitrogens with zero attached hydrogens (tertiary/aromatic N) is 3. The number of ether oxygens (including phenoxy) is 2. The number of carbonyl (C=O) groups is 1. The molecule has 3 aromatic rings. The van der Waals surface area contributed by atoms with Gasteiger partial charge in [-0.05, 0) is 42.0 Å². The lowest BCUT2D eigenvalue weighted by Crippen LogP contribution is -2.11. The molecule has 0 unspecified atom stereocenters. The second kappa shape index (κ2) is 9.14. The number of rotatable bonds is 8. The summed E-state index contributed by atoms with van der Waals surface area (Å²) in [6.45, 7) is -0.462. The molecule has 0 N–H and O–H groups in total. The lowest BCUT2D eigenvalue weighted by atomic mass is 10.2. The van der Waals surface area contributed by atoms with Crippen LogP contribution in [-0.2, 0) is 21.0 Å². The van der Waals surface area contributed by atoms with Gasteiger partial charge in [-0.25, -0.2) is 4.79 Å². The SMILES string of the molecule is COc1ccc(/C=N\OCC(=O)OCc2nnc(-c3ccccc3)o2)cc1. The molecule has 0 amide bonds. The summed E-state index contributed by atoms with van der Waals surface area (Å²) in [5.41, 5.74) is 1.60. The molecule has 0 spiro atoms. The van der Waals surface area contributed by atoms with Crippen molar-refractivity contribution in [1.82, 2.24) is 10.2 Å². The molecule has 8 heteroatoms. The number of hydrogen-bond donors (Lipinski definition) is 0. The van der Waals surface area contributed by atoms with Gasteiger partial charge in [-0.1, -0.05) is 23.4 Å². The third-order valence-electron chi connectivity index (χ3n) is 3.42. The Morgan fingerprint density at radius 2 is 1.89 bits per heavy atom. The fourth-order valence-corrected chi connectivity index (χ4v) is 2.07. The summed E-state index contributed by atoms with van der Waals surface area (Å²) in [5.74, 6) is 0.709. The molecule has 2 aromatic carbocycles. The summed E-state index contributed by atoms with van der Waals surface area (Å²) < 4.78 is 15.5. The van der Waals surface area contributed by atoms with E-state index in [4.69, 9.17) is 18.7 Å². The Hall–Kier alpha value is -3.68. The van der Waals surface area contributed by atoms with Gasteiger partial charge in [0.25, 0.3) is 5.89 Å². The van der Waals surface area contributed by atoms with Crippen molar-refractivity contribution in [2.24, 2.45) is 5.16 Å². The quantitative estimate of drug-likeness (QED) is 0.343. The zero-order valence-corrected chi connectivity index (χ0v) is 14.6. The smallest absolute Gasteiger partial charge is 0.347 e. The zero-order chi connectivity index (χ0) is 18.9. The number of benzene rings is 2. The van der Waals surface area contributed by atoms with E-state index in [0.29, 0.717) is 5.89 Å². The highest BCUT2D eigenvalue weighted by Crippen LogP contribution is 2.17. The van der Waals surface area contributed by atoms with E-state index < -0.39 is 5.97 Å². The highest BCUT2D eigenvalue weighted by molar-refractivity contribution is 5.79. The summed E-state index contributed by atoms with van der Waals surface area (Å²) in [7, 11) is 1.59. The minimum Gasteiger partial charge on any atom is -0.497 e. The topological polar surface area (TPSA) is 96.0 Å². The normalized spacial score (nSPS) is 10.7. The van der Waals surface area contributed by atoms with Gasteiger partial charge in [-0.15, -0.1) is 10.2 Å². The van der Waals surface area contributed by atoms with Crippen LogP contribution >= 0.6 is 0 Å². The lowest BCUT2D eigenvalue weighted by molar-refractivity contribution is -0.150. The van der Waals surface area contributed by atoms with E-state index in [1.54, 1.807) is 19.2 Å². The lowest BCUT2D eigenvalue weighted by Gasteiger charge is -2.01. The van der Waals surface area contributed by atoms with Crippen LogP contribution in [0.5, 0.6) is 5.75 Å². The first-order valence-electron chi connectivity index (χ1n) is 8.07. The molecule has 1 aromatic heterocycles. The van der Waals surface area contributed by atoms with E-state index in [1.165, 1.54) is 6.21 Å². The summed E-state index contributed by atoms with van der Waals surface area (Å²) in [5, 5.41) is 11.5. The van der Waals surface area contributed by atoms with Crippen LogP contribution in [-0.4, -0.2) is 36.1 Å². The van der Waals surface area contributed by atoms with Crippen molar-refractivity contribution in [3.63, 3.8) is 0 Å². The van der Waals surface area contributed by atoms with E-state index >= 15 is 0 Å². The molecule has 3 rings (SSSR count). The van der Waals surface area contributed by atoms with Gasteiger partial charge in [0.05, 0.1) is 13.3 Å². The number of aromatic nitrogens is 2. The van der Waals surface area contributed by atoms with Crippen LogP contribution in [0.25, 0.3) is 11.5 Å². The van der Waals surface area contributed by atoms with E-state index in [-0.39, 0.29) is 19.1 Å². The molecule has 0 bridgehead atoms. The molecule has 0 radical (unpaired) electrons. The molecule has 0 aliphatic rings. The molecule has 138 valence electrons. The Morgan fingerprint density at radius 3 is 2.63 bits per heavy atom. The Morgan fingerprint density at radius 1 is 1.11 bits per heavy atom. The molecule has 0 atom stereocenters. The van der Waals surface area contributed by atoms with Crippen LogP contribution in [0.4, 0.5) is 0 Å². The van der Waals surface area contributed by atoms with E-state index in [9.17, 15) is 4.79 Å². The third-order valence-corrected chi connectivity index (χ3v) is 3.42. The van der Waals surface area contributed by atoms with E-state index in [2.05, 4.69) is 15.4 Å². The first-order valence-corrected chi connectivity index (χ1v) is 8.07. The predicted molar refractivity (Wildman–Crippen MR) is 96.1 cm³/mol. The fourth-order valence-electron chi connectivity index (χ4n) is 2.07. The van der Waals surface area contributed by atoms with E-state index in [1.807, 2.05) is 42.5 Å². The van der Waals surface area contributed by atoms with Crippen LogP contribution in [0.2, 0.25) is 0 Å². The number of esters is 1. The first-order chi connectivity index (χ1) is 13.2. The fraction of sp³-hybridized carbons (Fsp3) is 0.158. The summed E-state index contributed by atoms with van der Waals surface area (Å²) in [6.07, 6.45) is 1.48. The van der Waals surface area contributed by atoms with Crippen molar-refractivity contribution in [3.8, 4) is 17.2 Å². The minimum absolute atomic E-state index is 0.135. The predicted octanol–water partition coefficient (Wildman–Crippen LogP) is 2.84. The maximum Gasteiger partial charge on any atom is 0.347 e. The minimum atomic E-state index is -0.596. The number of carbonyl (C=O) groups excluding carboxylic acids is 1. The number of oxime groups is 1. The molecule has 0 fully saturated rings. The molecule has 27 heavy (non-hydrogen) atoms. The molecular formula is C19H17N3O5. The highest BCUT2D eigenvalue weighted by atomic mass is 16.7. The molecule has 8 nitrogen and oxygen atoms in total. The highest BCUT2D eigenvalue weighted by Gasteiger charge is 2.11. The van der Waals surface area contributed by atoms with Crippen LogP contribution in [0, 0.1) is 0 Å². The van der Waals surface area contributed by atoms with Gasteiger partial charge in [-0.2, -0.15) is 0 Å². The summed E-state index contributed by atoms with van der Waals surface area (Å²) in [6, 6.07) is 16.5. The van der Waals surface area contributed by atoms with Gasteiger partial charge < -0.3 is 18.7 Å². The molecule has 0 aliphatic carbocycles. The van der Waals surface area contributed by atoms with Crippen LogP contribution < -0.4 is 4.74 Å². The number of hydrogen-bond acceptors (Lipinski definition) is 8. The maximum atomic E-state index is 11.7. The van der Waals surface area contributed by atoms with Crippen molar-refractivity contribution in [1.29, 1.82) is 0 Å². The van der Waals surface area contributed by atoms with Gasteiger partial charge in [-0.3, -0.25) is 0 Å². The second-order valence-corrected chi connectivity index (χ2v) is 5.31. The second-order valence-electron chi connectivity index (χ2n) is 5.31. The molecule has 0 saturated heterocycles. The van der Waals surface area contributed by atoms with E-state index in [0.717, 1.165) is 16.9 Å². The zero-order valence-electron chi connectivity index (χ0n) is 14.6. The van der Waals surface area contributed by atoms with Gasteiger partial charge in [0, 0.05) is 5.56 Å². The Balaban J connectivity index is 1.41. The Kier molecular flexibility index (Phi) is 6.13. The summed E-state index contributed by atoms with van der Waals surface area (Å²) in [4.78, 5) is 16.6. The van der Waals surface area contributed by atoms with Crippen LogP contribution in [0.1, 0.15) is 11.5 Å². The average Bonchev–Trinajstić information content (AvgIpc) is 3.20. The van der Waals surface area contributed by atoms with Gasteiger partial charge in [0.1, 0.15) is 5.75 Å². The van der Waals surface area contributed by atoms with Crippen molar-refractivity contribution >= 4 is 12.2 Å². The molecular weight excluding hydrogens is 350 g/mol. The molecule has 0 saturated carbocycles. The largest absolute Gasteiger partial charge is 0.497 e. The monoisotopic (exact) mass is 367 g/mol. The third kappa shape index (κ3) is 5.40. The van der Waals surface area contributed by atoms with Crippen molar-refractivity contribution in [3.05, 3.63) is 66.1 Å². The molecule has 0 aliphatic heterocycles. The van der Waals surface area contributed by atoms with Gasteiger partial charge in [0.15, 0.2) is 6.61 Å². The van der Waals surface area contributed by atoms with Gasteiger partial charge >= 0.3 is 5.97 Å². The van der Waals surface area contributed by atoms with Crippen LogP contribution in [0.15, 0.2) is 64.2 Å². The Labute approximate surface area is 155 Å². The standard InChI is InChI=1S/C19H17N3O5/c1-24-16-9-7-14(8-10-16)11-20-26-13-18(23)25-12-17-21-22-19(27-17)15-5-3-2-4-6-15/h2-11H,12-13H2,1H3/b20-11-. The average molecular weight is 367 g/mol. The molecule has 1 heterocycles. The number of methoxy groups -OCH3 is 1. The van der Waals surface area contributed by atoms with Crippen molar-refractivity contribution < 1.29 is 23.5 Å². The van der Waals surface area contributed by atoms with Gasteiger partial charge in [0.2, 0.25) is 12.5 Å².